The summed E-state index contributed by atoms with van der Waals surface area (Å²) in [5.41, 5.74) is 3.63. The number of rotatable bonds is 0. The molecule has 0 unspecified atom stereocenters. The van der Waals surface area contributed by atoms with Crippen molar-refractivity contribution in [3.05, 3.63) is 39.7 Å². The van der Waals surface area contributed by atoms with Crippen LogP contribution in [0.25, 0.3) is 4.85 Å². The van der Waals surface area contributed by atoms with E-state index in [4.69, 9.17) is 0 Å². The molecule has 0 aromatic heterocycles. The van der Waals surface area contributed by atoms with Gasteiger partial charge in [-0.2, -0.15) is 0 Å². The van der Waals surface area contributed by atoms with Crippen molar-refractivity contribution < 1.29 is 0 Å². The molecule has 0 bridgehead atoms. The molecule has 0 radical (unpaired) electrons. The predicted molar refractivity (Wildman–Crippen MR) is 52.8 cm³/mol. The fraction of sp³-hybridized carbons (Fsp3) is 0.364. The zero-order valence-corrected chi connectivity index (χ0v) is 7.89. The quantitative estimate of drug-likeness (QED) is 0.549. The van der Waals surface area contributed by atoms with Gasteiger partial charge in [-0.25, -0.2) is 0 Å². The van der Waals surface area contributed by atoms with E-state index in [9.17, 15) is 0 Å². The molecule has 1 aromatic rings. The Morgan fingerprint density at radius 1 is 1.33 bits per heavy atom. The van der Waals surface area contributed by atoms with Crippen molar-refractivity contribution in [1.29, 1.82) is 0 Å². The van der Waals surface area contributed by atoms with Crippen molar-refractivity contribution in [3.8, 4) is 6.07 Å². The Hall–Kier alpha value is -1.29. The molecule has 0 spiro atoms. The van der Waals surface area contributed by atoms with Gasteiger partial charge in [0.1, 0.15) is 5.56 Å². The molecule has 0 N–H and O–H groups in total. The minimum Gasteiger partial charge on any atom is -0.0783 e. The highest BCUT2D eigenvalue weighted by molar-refractivity contribution is 5.40. The highest BCUT2D eigenvalue weighted by Crippen LogP contribution is 2.08. The van der Waals surface area contributed by atoms with Crippen LogP contribution in [0.2, 0.25) is 0 Å². The Bertz CT molecular complexity index is 329. The lowest BCUT2D eigenvalue weighted by Crippen LogP contribution is -1.82. The molecule has 1 aromatic carbocycles. The highest BCUT2D eigenvalue weighted by atomic mass is 14.6. The Morgan fingerprint density at radius 2 is 2.08 bits per heavy atom. The number of nitrogens with zero attached hydrogens (tertiary/aromatic N) is 1. The van der Waals surface area contributed by atoms with E-state index in [1.807, 2.05) is 6.92 Å². The minimum atomic E-state index is 0.799. The number of hydrogen-bond acceptors (Lipinski definition) is 0. The van der Waals surface area contributed by atoms with Crippen LogP contribution in [0.5, 0.6) is 0 Å². The lowest BCUT2D eigenvalue weighted by atomic mass is 10.1. The molecule has 1 nitrogen and oxygen atoms in total. The van der Waals surface area contributed by atoms with Gasteiger partial charge in [0, 0.05) is 6.92 Å². The van der Waals surface area contributed by atoms with Gasteiger partial charge in [0.25, 0.3) is 6.54 Å². The molecular formula is C11H14N+. The summed E-state index contributed by atoms with van der Waals surface area (Å²) in [7, 11) is 0. The van der Waals surface area contributed by atoms with Crippen LogP contribution in [-0.2, 0) is 0 Å². The molecule has 62 valence electrons. The second kappa shape index (κ2) is 3.92. The highest BCUT2D eigenvalue weighted by Gasteiger charge is 1.99. The Balaban J connectivity index is 3.01. The summed E-state index contributed by atoms with van der Waals surface area (Å²) < 4.78 is 0. The first-order valence-electron chi connectivity index (χ1n) is 4.23. The average Bonchev–Trinajstić information content (AvgIpc) is 2.03. The standard InChI is InChI=1S/C11H14N/c1-4-12-8-11-6-5-9(2)7-10(11)3/h5-7H,4H2,1-3H3/q+1. The maximum absolute atomic E-state index is 4.08. The van der Waals surface area contributed by atoms with E-state index in [0.29, 0.717) is 0 Å². The van der Waals surface area contributed by atoms with Crippen LogP contribution in [0.15, 0.2) is 18.2 Å². The van der Waals surface area contributed by atoms with Crippen LogP contribution in [0, 0.1) is 19.9 Å². The molecule has 0 saturated heterocycles. The fourth-order valence-corrected chi connectivity index (χ4v) is 1.10. The van der Waals surface area contributed by atoms with E-state index in [1.54, 1.807) is 0 Å². The normalized spacial score (nSPS) is 8.92. The van der Waals surface area contributed by atoms with Crippen LogP contribution < -0.4 is 0 Å². The summed E-state index contributed by atoms with van der Waals surface area (Å²) in [6.45, 7) is 6.98. The van der Waals surface area contributed by atoms with Crippen molar-refractivity contribution in [2.75, 3.05) is 6.54 Å². The molecule has 0 aliphatic rings. The molecular weight excluding hydrogens is 146 g/mol. The van der Waals surface area contributed by atoms with Gasteiger partial charge < -0.3 is 0 Å². The van der Waals surface area contributed by atoms with Crippen molar-refractivity contribution in [1.82, 2.24) is 0 Å². The van der Waals surface area contributed by atoms with E-state index in [1.165, 1.54) is 11.1 Å². The van der Waals surface area contributed by atoms with Crippen LogP contribution in [0.1, 0.15) is 23.6 Å². The van der Waals surface area contributed by atoms with E-state index < -0.39 is 0 Å². The summed E-state index contributed by atoms with van der Waals surface area (Å²) in [6, 6.07) is 9.30. The molecule has 0 atom stereocenters. The molecule has 0 heterocycles. The third kappa shape index (κ3) is 2.10. The second-order valence-electron chi connectivity index (χ2n) is 2.90. The summed E-state index contributed by atoms with van der Waals surface area (Å²) in [5.74, 6) is 0. The van der Waals surface area contributed by atoms with Crippen LogP contribution in [0.4, 0.5) is 0 Å². The van der Waals surface area contributed by atoms with Crippen LogP contribution >= 0.6 is 0 Å². The maximum atomic E-state index is 4.08. The van der Waals surface area contributed by atoms with Gasteiger partial charge in [0.2, 0.25) is 0 Å². The van der Waals surface area contributed by atoms with E-state index >= 15 is 0 Å². The average molecular weight is 160 g/mol. The minimum absolute atomic E-state index is 0.799. The Labute approximate surface area is 73.9 Å². The second-order valence-corrected chi connectivity index (χ2v) is 2.90. The predicted octanol–water partition coefficient (Wildman–Crippen LogP) is 3.00. The maximum Gasteiger partial charge on any atom is 0.311 e. The molecule has 0 fully saturated rings. The van der Waals surface area contributed by atoms with Crippen LogP contribution in [-0.4, -0.2) is 6.54 Å². The fourth-order valence-electron chi connectivity index (χ4n) is 1.10. The largest absolute Gasteiger partial charge is 0.311 e. The first-order chi connectivity index (χ1) is 5.74. The summed E-state index contributed by atoms with van der Waals surface area (Å²) in [5, 5.41) is 0. The summed E-state index contributed by atoms with van der Waals surface area (Å²) in [6.07, 6.45) is 0. The van der Waals surface area contributed by atoms with Gasteiger partial charge in [-0.1, -0.05) is 22.5 Å². The lowest BCUT2D eigenvalue weighted by Gasteiger charge is -1.94. The van der Waals surface area contributed by atoms with Gasteiger partial charge in [-0.15, -0.1) is 0 Å². The zero-order chi connectivity index (χ0) is 8.97. The first-order valence-corrected chi connectivity index (χ1v) is 4.23. The third-order valence-corrected chi connectivity index (χ3v) is 1.74. The number of benzene rings is 1. The third-order valence-electron chi connectivity index (χ3n) is 1.74. The van der Waals surface area contributed by atoms with Crippen LogP contribution in [0.3, 0.4) is 0 Å². The van der Waals surface area contributed by atoms with E-state index in [-0.39, 0.29) is 0 Å². The SMILES string of the molecule is CC[N+]#Cc1ccc(C)cc1C. The van der Waals surface area contributed by atoms with Gasteiger partial charge in [-0.05, 0) is 25.5 Å². The summed E-state index contributed by atoms with van der Waals surface area (Å²) >= 11 is 0. The van der Waals surface area contributed by atoms with Crippen molar-refractivity contribution in [2.24, 2.45) is 0 Å². The molecule has 1 heteroatoms. The Morgan fingerprint density at radius 3 is 2.67 bits per heavy atom. The lowest BCUT2D eigenvalue weighted by molar-refractivity contribution is 1.33. The van der Waals surface area contributed by atoms with Crippen molar-refractivity contribution in [2.45, 2.75) is 20.8 Å². The van der Waals surface area contributed by atoms with E-state index in [2.05, 4.69) is 43.0 Å². The molecule has 1 rings (SSSR count). The first kappa shape index (κ1) is 8.80. The Kier molecular flexibility index (Phi) is 2.88. The summed E-state index contributed by atoms with van der Waals surface area (Å²) in [4.78, 5) is 4.08. The molecule has 0 amide bonds. The molecule has 0 aliphatic carbocycles. The smallest absolute Gasteiger partial charge is 0.0783 e. The van der Waals surface area contributed by atoms with E-state index in [0.717, 1.165) is 12.1 Å². The monoisotopic (exact) mass is 160 g/mol. The van der Waals surface area contributed by atoms with Gasteiger partial charge in [0.05, 0.1) is 0 Å². The molecule has 0 saturated carbocycles. The topological polar surface area (TPSA) is 4.36 Å². The van der Waals surface area contributed by atoms with Gasteiger partial charge in [-0.3, -0.25) is 0 Å². The van der Waals surface area contributed by atoms with Crippen molar-refractivity contribution in [3.63, 3.8) is 0 Å². The molecule has 12 heavy (non-hydrogen) atoms. The number of aryl methyl sites for hydroxylation is 2. The van der Waals surface area contributed by atoms with Crippen molar-refractivity contribution >= 4 is 0 Å². The van der Waals surface area contributed by atoms with Gasteiger partial charge >= 0.3 is 6.07 Å². The van der Waals surface area contributed by atoms with Gasteiger partial charge in [0.15, 0.2) is 0 Å². The zero-order valence-electron chi connectivity index (χ0n) is 7.89. The molecule has 0 aliphatic heterocycles. The number of hydrogen-bond donors (Lipinski definition) is 0.